The number of hydrogen-bond acceptors (Lipinski definition) is 1. The lowest BCUT2D eigenvalue weighted by Gasteiger charge is -1.88. The maximum Gasteiger partial charge on any atom is 0.0267 e. The molecule has 0 aliphatic carbocycles. The number of rotatable bonds is 0. The molecule has 0 aliphatic heterocycles. The van der Waals surface area contributed by atoms with Crippen LogP contribution >= 0.6 is 0 Å². The summed E-state index contributed by atoms with van der Waals surface area (Å²) < 4.78 is 0. The van der Waals surface area contributed by atoms with Crippen LogP contribution in [-0.2, 0) is 0 Å². The van der Waals surface area contributed by atoms with E-state index >= 15 is 0 Å². The number of nitrogens with zero attached hydrogens (tertiary/aromatic N) is 1. The van der Waals surface area contributed by atoms with Crippen LogP contribution in [0, 0.1) is 27.7 Å². The van der Waals surface area contributed by atoms with Crippen LogP contribution in [0.15, 0.2) is 30.6 Å². The Morgan fingerprint density at radius 1 is 0.800 bits per heavy atom. The molecule has 0 spiro atoms. The van der Waals surface area contributed by atoms with E-state index in [2.05, 4.69) is 37.7 Å². The molecule has 15 heavy (non-hydrogen) atoms. The molecule has 2 aromatic heterocycles. The lowest BCUT2D eigenvalue weighted by atomic mass is 10.2. The van der Waals surface area contributed by atoms with E-state index in [0.717, 1.165) is 0 Å². The first-order chi connectivity index (χ1) is 7.13. The smallest absolute Gasteiger partial charge is 0.0267 e. The summed E-state index contributed by atoms with van der Waals surface area (Å²) in [6.45, 7) is 8.51. The average molecular weight is 202 g/mol. The molecule has 0 amide bonds. The van der Waals surface area contributed by atoms with Crippen molar-refractivity contribution in [3.05, 3.63) is 53.1 Å². The lowest BCUT2D eigenvalue weighted by Crippen LogP contribution is -1.73. The SMILES string of the molecule is Cc1[nH]c(C)c(C)c1C.c1ccncc1. The maximum atomic E-state index is 3.78. The summed E-state index contributed by atoms with van der Waals surface area (Å²) in [5, 5.41) is 0. The van der Waals surface area contributed by atoms with E-state index in [9.17, 15) is 0 Å². The van der Waals surface area contributed by atoms with E-state index in [-0.39, 0.29) is 0 Å². The summed E-state index contributed by atoms with van der Waals surface area (Å²) in [6, 6.07) is 5.72. The summed E-state index contributed by atoms with van der Waals surface area (Å²) in [7, 11) is 0. The number of pyridine rings is 1. The number of hydrogen-bond donors (Lipinski definition) is 1. The second kappa shape index (κ2) is 5.35. The largest absolute Gasteiger partial charge is 0.362 e. The third kappa shape index (κ3) is 3.24. The normalized spacial score (nSPS) is 9.33. The van der Waals surface area contributed by atoms with E-state index in [1.165, 1.54) is 22.5 Å². The van der Waals surface area contributed by atoms with Gasteiger partial charge in [-0.2, -0.15) is 0 Å². The van der Waals surface area contributed by atoms with Crippen LogP contribution in [0.1, 0.15) is 22.5 Å². The van der Waals surface area contributed by atoms with Gasteiger partial charge in [-0.25, -0.2) is 0 Å². The first-order valence-electron chi connectivity index (χ1n) is 5.10. The Morgan fingerprint density at radius 3 is 1.40 bits per heavy atom. The highest BCUT2D eigenvalue weighted by Gasteiger charge is 2.00. The van der Waals surface area contributed by atoms with Gasteiger partial charge in [0.2, 0.25) is 0 Å². The van der Waals surface area contributed by atoms with Crippen LogP contribution in [0.4, 0.5) is 0 Å². The molecular weight excluding hydrogens is 184 g/mol. The third-order valence-electron chi connectivity index (χ3n) is 2.63. The lowest BCUT2D eigenvalue weighted by molar-refractivity contribution is 1.17. The molecule has 0 atom stereocenters. The predicted molar refractivity (Wildman–Crippen MR) is 64.0 cm³/mol. The molecule has 0 saturated carbocycles. The highest BCUT2D eigenvalue weighted by Crippen LogP contribution is 2.14. The fraction of sp³-hybridized carbons (Fsp3) is 0.308. The number of H-pyrrole nitrogens is 1. The van der Waals surface area contributed by atoms with Gasteiger partial charge in [-0.3, -0.25) is 4.98 Å². The van der Waals surface area contributed by atoms with Crippen molar-refractivity contribution in [1.29, 1.82) is 0 Å². The molecule has 2 heterocycles. The van der Waals surface area contributed by atoms with Gasteiger partial charge >= 0.3 is 0 Å². The molecule has 0 radical (unpaired) electrons. The first kappa shape index (κ1) is 11.5. The Bertz CT molecular complexity index is 353. The Hall–Kier alpha value is -1.57. The number of aromatic amines is 1. The minimum atomic E-state index is 1.30. The van der Waals surface area contributed by atoms with Gasteiger partial charge in [0.25, 0.3) is 0 Å². The van der Waals surface area contributed by atoms with Crippen LogP contribution in [0.25, 0.3) is 0 Å². The van der Waals surface area contributed by atoms with E-state index in [1.807, 2.05) is 18.2 Å². The maximum absolute atomic E-state index is 3.78. The Balaban J connectivity index is 0.000000162. The number of nitrogens with one attached hydrogen (secondary N) is 1. The van der Waals surface area contributed by atoms with Crippen molar-refractivity contribution in [2.75, 3.05) is 0 Å². The minimum Gasteiger partial charge on any atom is -0.362 e. The quantitative estimate of drug-likeness (QED) is 0.697. The molecule has 80 valence electrons. The van der Waals surface area contributed by atoms with E-state index < -0.39 is 0 Å². The molecule has 0 aromatic carbocycles. The molecule has 0 aliphatic rings. The van der Waals surface area contributed by atoms with Crippen molar-refractivity contribution in [2.45, 2.75) is 27.7 Å². The minimum absolute atomic E-state index is 1.30. The van der Waals surface area contributed by atoms with Crippen LogP contribution in [0.2, 0.25) is 0 Å². The first-order valence-corrected chi connectivity index (χ1v) is 5.10. The summed E-state index contributed by atoms with van der Waals surface area (Å²) in [4.78, 5) is 7.06. The molecule has 2 aromatic rings. The summed E-state index contributed by atoms with van der Waals surface area (Å²) >= 11 is 0. The van der Waals surface area contributed by atoms with E-state index in [1.54, 1.807) is 12.4 Å². The van der Waals surface area contributed by atoms with E-state index in [4.69, 9.17) is 0 Å². The zero-order valence-electron chi connectivity index (χ0n) is 9.83. The molecule has 1 N–H and O–H groups in total. The molecule has 0 fully saturated rings. The fourth-order valence-corrected chi connectivity index (χ4v) is 1.34. The van der Waals surface area contributed by atoms with Gasteiger partial charge in [-0.05, 0) is 51.0 Å². The monoisotopic (exact) mass is 202 g/mol. The molecule has 0 unspecified atom stereocenters. The van der Waals surface area contributed by atoms with E-state index in [0.29, 0.717) is 0 Å². The van der Waals surface area contributed by atoms with Crippen molar-refractivity contribution in [1.82, 2.24) is 9.97 Å². The highest BCUT2D eigenvalue weighted by molar-refractivity contribution is 5.32. The fourth-order valence-electron chi connectivity index (χ4n) is 1.34. The molecule has 0 bridgehead atoms. The summed E-state index contributed by atoms with van der Waals surface area (Å²) in [6.07, 6.45) is 3.50. The van der Waals surface area contributed by atoms with Gasteiger partial charge in [0, 0.05) is 23.8 Å². The number of aromatic nitrogens is 2. The van der Waals surface area contributed by atoms with Crippen molar-refractivity contribution >= 4 is 0 Å². The second-order valence-electron chi connectivity index (χ2n) is 3.65. The summed E-state index contributed by atoms with van der Waals surface area (Å²) in [5.41, 5.74) is 5.38. The Labute approximate surface area is 91.4 Å². The van der Waals surface area contributed by atoms with Crippen LogP contribution in [0.5, 0.6) is 0 Å². The predicted octanol–water partition coefficient (Wildman–Crippen LogP) is 3.33. The van der Waals surface area contributed by atoms with Gasteiger partial charge in [0.05, 0.1) is 0 Å². The van der Waals surface area contributed by atoms with Gasteiger partial charge in [0.1, 0.15) is 0 Å². The van der Waals surface area contributed by atoms with Crippen LogP contribution < -0.4 is 0 Å². The molecule has 0 saturated heterocycles. The van der Waals surface area contributed by atoms with Gasteiger partial charge in [-0.15, -0.1) is 0 Å². The molecule has 2 heteroatoms. The van der Waals surface area contributed by atoms with Crippen LogP contribution in [0.3, 0.4) is 0 Å². The van der Waals surface area contributed by atoms with Crippen molar-refractivity contribution in [2.24, 2.45) is 0 Å². The van der Waals surface area contributed by atoms with Gasteiger partial charge < -0.3 is 4.98 Å². The van der Waals surface area contributed by atoms with Crippen molar-refractivity contribution < 1.29 is 0 Å². The highest BCUT2D eigenvalue weighted by atomic mass is 14.7. The Morgan fingerprint density at radius 2 is 1.27 bits per heavy atom. The average Bonchev–Trinajstić information content (AvgIpc) is 2.49. The second-order valence-corrected chi connectivity index (χ2v) is 3.65. The zero-order valence-corrected chi connectivity index (χ0v) is 9.83. The molecule has 2 rings (SSSR count). The Kier molecular flexibility index (Phi) is 4.10. The topological polar surface area (TPSA) is 28.7 Å². The van der Waals surface area contributed by atoms with Gasteiger partial charge in [-0.1, -0.05) is 6.07 Å². The zero-order chi connectivity index (χ0) is 11.3. The molecular formula is C13H18N2. The summed E-state index contributed by atoms with van der Waals surface area (Å²) in [5.74, 6) is 0. The van der Waals surface area contributed by atoms with Crippen LogP contribution in [-0.4, -0.2) is 9.97 Å². The number of aryl methyl sites for hydroxylation is 2. The van der Waals surface area contributed by atoms with Crippen molar-refractivity contribution in [3.8, 4) is 0 Å². The van der Waals surface area contributed by atoms with Gasteiger partial charge in [0.15, 0.2) is 0 Å². The standard InChI is InChI=1S/C8H13N.C5H5N/c1-5-6(2)8(4)9-7(5)3;1-2-4-6-5-3-1/h9H,1-4H3;1-5H. The van der Waals surface area contributed by atoms with Crippen molar-refractivity contribution in [3.63, 3.8) is 0 Å². The third-order valence-corrected chi connectivity index (χ3v) is 2.63. The molecule has 2 nitrogen and oxygen atoms in total.